The lowest BCUT2D eigenvalue weighted by molar-refractivity contribution is 1.66. The van der Waals surface area contributed by atoms with E-state index in [1.807, 2.05) is 0 Å². The topological polar surface area (TPSA) is 0 Å². The zero-order valence-corrected chi connectivity index (χ0v) is 27.2. The Bertz CT molecular complexity index is 3350. The fourth-order valence-corrected chi connectivity index (χ4v) is 9.43. The average molecular weight is 629 g/mol. The van der Waals surface area contributed by atoms with E-state index in [1.54, 1.807) is 0 Å². The molecular weight excluding hydrogens is 601 g/mol. The molecule has 0 aromatic heterocycles. The molecule has 0 aliphatic rings. The molecule has 0 saturated carbocycles. The van der Waals surface area contributed by atoms with Crippen LogP contribution in [0.4, 0.5) is 0 Å². The molecule has 50 heavy (non-hydrogen) atoms. The third kappa shape index (κ3) is 3.35. The fraction of sp³-hybridized carbons (Fsp3) is 0. The Morgan fingerprint density at radius 2 is 0.600 bits per heavy atom. The summed E-state index contributed by atoms with van der Waals surface area (Å²) in [6.45, 7) is 0. The lowest BCUT2D eigenvalue weighted by atomic mass is 9.83. The van der Waals surface area contributed by atoms with Gasteiger partial charge in [-0.25, -0.2) is 0 Å². The van der Waals surface area contributed by atoms with Crippen molar-refractivity contribution in [2.75, 3.05) is 0 Å². The molecule has 0 aliphatic carbocycles. The van der Waals surface area contributed by atoms with Crippen molar-refractivity contribution in [3.05, 3.63) is 170 Å². The molecule has 12 rings (SSSR count). The summed E-state index contributed by atoms with van der Waals surface area (Å²) >= 11 is 0. The minimum absolute atomic E-state index is 1.25. The van der Waals surface area contributed by atoms with Crippen molar-refractivity contribution in [1.82, 2.24) is 0 Å². The maximum absolute atomic E-state index is 2.46. The smallest absolute Gasteiger partial charge is 0.00141 e. The minimum Gasteiger partial charge on any atom is -0.0622 e. The molecule has 228 valence electrons. The quantitative estimate of drug-likeness (QED) is 0.167. The highest BCUT2D eigenvalue weighted by atomic mass is 14.2. The summed E-state index contributed by atoms with van der Waals surface area (Å²) in [5, 5.41) is 23.6. The van der Waals surface area contributed by atoms with Crippen LogP contribution in [0.15, 0.2) is 170 Å². The Morgan fingerprint density at radius 1 is 0.200 bits per heavy atom. The normalized spacial score (nSPS) is 12.4. The van der Waals surface area contributed by atoms with Crippen LogP contribution in [-0.2, 0) is 0 Å². The van der Waals surface area contributed by atoms with E-state index in [9.17, 15) is 0 Å². The van der Waals surface area contributed by atoms with Crippen LogP contribution in [0.5, 0.6) is 0 Å². The first-order valence-electron chi connectivity index (χ1n) is 17.5. The van der Waals surface area contributed by atoms with Gasteiger partial charge in [-0.15, -0.1) is 0 Å². The summed E-state index contributed by atoms with van der Waals surface area (Å²) < 4.78 is 0. The highest BCUT2D eigenvalue weighted by Gasteiger charge is 2.20. The average Bonchev–Trinajstić information content (AvgIpc) is 3.18. The Kier molecular flexibility index (Phi) is 5.06. The van der Waals surface area contributed by atoms with Crippen LogP contribution in [-0.4, -0.2) is 0 Å². The van der Waals surface area contributed by atoms with Crippen molar-refractivity contribution in [3.8, 4) is 22.3 Å². The van der Waals surface area contributed by atoms with Gasteiger partial charge in [0.25, 0.3) is 0 Å². The number of fused-ring (bicyclic) bond motifs is 2. The van der Waals surface area contributed by atoms with E-state index in [1.165, 1.54) is 119 Å². The molecule has 0 heterocycles. The molecule has 0 spiro atoms. The summed E-state index contributed by atoms with van der Waals surface area (Å²) in [4.78, 5) is 0. The van der Waals surface area contributed by atoms with Crippen molar-refractivity contribution in [2.45, 2.75) is 0 Å². The van der Waals surface area contributed by atoms with Gasteiger partial charge in [0.05, 0.1) is 0 Å². The Hall–Kier alpha value is -6.50. The van der Waals surface area contributed by atoms with Crippen molar-refractivity contribution in [2.24, 2.45) is 0 Å². The van der Waals surface area contributed by atoms with E-state index in [0.29, 0.717) is 0 Å². The number of rotatable bonds is 2. The van der Waals surface area contributed by atoms with Crippen molar-refractivity contribution in [1.29, 1.82) is 0 Å². The molecule has 0 N–H and O–H groups in total. The van der Waals surface area contributed by atoms with Gasteiger partial charge in [0.15, 0.2) is 0 Å². The van der Waals surface area contributed by atoms with Gasteiger partial charge in [-0.05, 0) is 125 Å². The second-order valence-corrected chi connectivity index (χ2v) is 13.9. The van der Waals surface area contributed by atoms with Crippen LogP contribution < -0.4 is 0 Å². The zero-order chi connectivity index (χ0) is 32.5. The highest BCUT2D eigenvalue weighted by Crippen LogP contribution is 2.48. The highest BCUT2D eigenvalue weighted by molar-refractivity contribution is 6.38. The van der Waals surface area contributed by atoms with Crippen LogP contribution in [0.2, 0.25) is 0 Å². The first-order valence-corrected chi connectivity index (χ1v) is 17.5. The maximum atomic E-state index is 2.46. The lowest BCUT2D eigenvalue weighted by Gasteiger charge is -2.20. The van der Waals surface area contributed by atoms with E-state index in [2.05, 4.69) is 170 Å². The van der Waals surface area contributed by atoms with Crippen LogP contribution >= 0.6 is 0 Å². The van der Waals surface area contributed by atoms with Gasteiger partial charge in [-0.1, -0.05) is 164 Å². The number of hydrogen-bond donors (Lipinski definition) is 0. The van der Waals surface area contributed by atoms with Crippen molar-refractivity contribution < 1.29 is 0 Å². The van der Waals surface area contributed by atoms with Gasteiger partial charge >= 0.3 is 0 Å². The third-order valence-corrected chi connectivity index (χ3v) is 11.5. The largest absolute Gasteiger partial charge is 0.0622 e. The fourth-order valence-electron chi connectivity index (χ4n) is 9.43. The van der Waals surface area contributed by atoms with Crippen LogP contribution in [0, 0.1) is 0 Å². The Morgan fingerprint density at radius 3 is 1.24 bits per heavy atom. The predicted octanol–water partition coefficient (Wildman–Crippen LogP) is 14.3. The summed E-state index contributed by atoms with van der Waals surface area (Å²) in [7, 11) is 0. The van der Waals surface area contributed by atoms with Gasteiger partial charge in [-0.3, -0.25) is 0 Å². The van der Waals surface area contributed by atoms with Gasteiger partial charge in [0.2, 0.25) is 0 Å². The first kappa shape index (κ1) is 26.5. The van der Waals surface area contributed by atoms with Crippen LogP contribution in [0.25, 0.3) is 119 Å². The van der Waals surface area contributed by atoms with E-state index in [4.69, 9.17) is 0 Å². The molecular formula is C50H28. The molecule has 0 heteroatoms. The first-order chi connectivity index (χ1) is 24.8. The van der Waals surface area contributed by atoms with Gasteiger partial charge < -0.3 is 0 Å². The van der Waals surface area contributed by atoms with Crippen LogP contribution in [0.3, 0.4) is 0 Å². The molecule has 0 fully saturated rings. The molecule has 0 nitrogen and oxygen atoms in total. The number of hydrogen-bond acceptors (Lipinski definition) is 0. The Balaban J connectivity index is 1.27. The second-order valence-electron chi connectivity index (χ2n) is 13.9. The molecule has 0 bridgehead atoms. The van der Waals surface area contributed by atoms with E-state index in [-0.39, 0.29) is 0 Å². The number of benzene rings is 11. The molecule has 0 amide bonds. The monoisotopic (exact) mass is 628 g/mol. The van der Waals surface area contributed by atoms with Gasteiger partial charge in [0.1, 0.15) is 0 Å². The molecule has 12 aromatic rings. The molecule has 12 aromatic carbocycles. The van der Waals surface area contributed by atoms with Gasteiger partial charge in [-0.2, -0.15) is 0 Å². The molecule has 0 unspecified atom stereocenters. The van der Waals surface area contributed by atoms with Gasteiger partial charge in [0, 0.05) is 0 Å². The second kappa shape index (κ2) is 9.56. The van der Waals surface area contributed by atoms with E-state index in [0.717, 1.165) is 0 Å². The standard InChI is InChI=1S/C50H28/c1-2-8-29(9-3-1)35-24-20-32-23-27-43-36(25-21-33-22-26-42(35)47(32)48(33)43)44-28-34-12-6-15-38-37-13-4-10-30-18-19-31-11-5-14-39(46(31)45(30)37)40-16-7-17-41(44)50(40)49(34)38/h1-28H. The van der Waals surface area contributed by atoms with E-state index >= 15 is 0 Å². The maximum Gasteiger partial charge on any atom is -0.00141 e. The Labute approximate surface area is 288 Å². The summed E-state index contributed by atoms with van der Waals surface area (Å²) in [5.41, 5.74) is 5.10. The van der Waals surface area contributed by atoms with E-state index < -0.39 is 0 Å². The summed E-state index contributed by atoms with van der Waals surface area (Å²) in [6.07, 6.45) is 0. The summed E-state index contributed by atoms with van der Waals surface area (Å²) in [5.74, 6) is 0. The third-order valence-electron chi connectivity index (χ3n) is 11.5. The molecule has 0 saturated heterocycles. The van der Waals surface area contributed by atoms with Crippen LogP contribution in [0.1, 0.15) is 0 Å². The molecule has 0 aliphatic heterocycles. The lowest BCUT2D eigenvalue weighted by Crippen LogP contribution is -1.92. The van der Waals surface area contributed by atoms with Crippen molar-refractivity contribution >= 4 is 97.0 Å². The molecule has 0 radical (unpaired) electrons. The van der Waals surface area contributed by atoms with Crippen molar-refractivity contribution in [3.63, 3.8) is 0 Å². The zero-order valence-electron chi connectivity index (χ0n) is 27.2. The summed E-state index contributed by atoms with van der Waals surface area (Å²) in [6, 6.07) is 63.9. The minimum atomic E-state index is 1.25. The molecule has 0 atom stereocenters. The SMILES string of the molecule is c1ccc(-c2ccc3ccc4c(-c5cc6cccc7c8cccc9ccc%10cccc(c%11cccc5c%11c67)c%10c98)ccc5ccc2c3c54)cc1. The predicted molar refractivity (Wildman–Crippen MR) is 217 cm³/mol.